The predicted molar refractivity (Wildman–Crippen MR) is 83.8 cm³/mol. The molecule has 108 valence electrons. The highest BCUT2D eigenvalue weighted by molar-refractivity contribution is 9.10. The van der Waals surface area contributed by atoms with E-state index in [0.717, 1.165) is 11.1 Å². The van der Waals surface area contributed by atoms with Gasteiger partial charge in [0.2, 0.25) is 0 Å². The van der Waals surface area contributed by atoms with Gasteiger partial charge in [-0.15, -0.1) is 0 Å². The van der Waals surface area contributed by atoms with E-state index < -0.39 is 0 Å². The molecule has 0 amide bonds. The average molecular weight is 341 g/mol. The molecule has 1 aliphatic rings. The summed E-state index contributed by atoms with van der Waals surface area (Å²) in [7, 11) is -0.385. The fourth-order valence-electron chi connectivity index (χ4n) is 2.00. The molecule has 0 aliphatic carbocycles. The van der Waals surface area contributed by atoms with Crippen molar-refractivity contribution in [2.75, 3.05) is 0 Å². The van der Waals surface area contributed by atoms with Gasteiger partial charge in [0.05, 0.1) is 15.7 Å². The van der Waals surface area contributed by atoms with Crippen LogP contribution in [0.3, 0.4) is 0 Å². The maximum atomic E-state index is 13.3. The predicted octanol–water partition coefficient (Wildman–Crippen LogP) is 4.62. The van der Waals surface area contributed by atoms with Gasteiger partial charge in [-0.25, -0.2) is 4.39 Å². The van der Waals surface area contributed by atoms with Gasteiger partial charge in [0.1, 0.15) is 5.82 Å². The summed E-state index contributed by atoms with van der Waals surface area (Å²) in [5.74, 6) is 1.66. The molecule has 0 N–H and O–H groups in total. The fourth-order valence-corrected chi connectivity index (χ4v) is 2.38. The highest BCUT2D eigenvalue weighted by atomic mass is 79.9. The zero-order valence-electron chi connectivity index (χ0n) is 12.5. The Kier molecular flexibility index (Phi) is 4.16. The first-order valence-electron chi connectivity index (χ1n) is 6.62. The average Bonchev–Trinajstić information content (AvgIpc) is 2.50. The van der Waals surface area contributed by atoms with Crippen LogP contribution in [0.25, 0.3) is 5.57 Å². The second-order valence-electron chi connectivity index (χ2n) is 6.10. The number of allylic oxidation sites excluding steroid dienone is 1. The summed E-state index contributed by atoms with van der Waals surface area (Å²) >= 11 is 3.20. The van der Waals surface area contributed by atoms with E-state index >= 15 is 0 Å². The normalized spacial score (nSPS) is 21.4. The highest BCUT2D eigenvalue weighted by Crippen LogP contribution is 2.37. The van der Waals surface area contributed by atoms with Gasteiger partial charge in [0.15, 0.2) is 0 Å². The quantitative estimate of drug-likeness (QED) is 0.731. The summed E-state index contributed by atoms with van der Waals surface area (Å²) in [4.78, 5) is 0. The van der Waals surface area contributed by atoms with Crippen LogP contribution in [-0.4, -0.2) is 18.3 Å². The zero-order valence-corrected chi connectivity index (χ0v) is 14.0. The van der Waals surface area contributed by atoms with E-state index in [2.05, 4.69) is 15.9 Å². The van der Waals surface area contributed by atoms with Crippen molar-refractivity contribution in [2.45, 2.75) is 45.8 Å². The van der Waals surface area contributed by atoms with Gasteiger partial charge in [-0.05, 0) is 68.2 Å². The molecule has 1 heterocycles. The summed E-state index contributed by atoms with van der Waals surface area (Å²) in [5.41, 5.74) is 1.23. The number of rotatable bonds is 2. The molecule has 1 aromatic rings. The summed E-state index contributed by atoms with van der Waals surface area (Å²) in [6.45, 7) is 10.0. The Labute approximate surface area is 128 Å². The van der Waals surface area contributed by atoms with E-state index in [-0.39, 0.29) is 24.1 Å². The van der Waals surface area contributed by atoms with Crippen LogP contribution in [0.5, 0.6) is 0 Å². The smallest absolute Gasteiger partial charge is 0.400 e. The molecule has 0 spiro atoms. The second kappa shape index (κ2) is 5.28. The Bertz CT molecular complexity index is 539. The molecular weight excluding hydrogens is 322 g/mol. The van der Waals surface area contributed by atoms with Crippen LogP contribution in [0.15, 0.2) is 28.6 Å². The molecule has 0 unspecified atom stereocenters. The summed E-state index contributed by atoms with van der Waals surface area (Å²) < 4.78 is 25.6. The van der Waals surface area contributed by atoms with Crippen molar-refractivity contribution in [1.82, 2.24) is 0 Å². The Morgan fingerprint density at radius 2 is 1.75 bits per heavy atom. The maximum absolute atomic E-state index is 13.3. The molecule has 0 atom stereocenters. The molecule has 0 bridgehead atoms. The number of benzene rings is 1. The minimum absolute atomic E-state index is 0.266. The van der Waals surface area contributed by atoms with Gasteiger partial charge < -0.3 is 9.31 Å². The van der Waals surface area contributed by atoms with Crippen LogP contribution >= 0.6 is 15.9 Å². The van der Waals surface area contributed by atoms with Crippen molar-refractivity contribution in [2.24, 2.45) is 0 Å². The minimum atomic E-state index is -0.385. The maximum Gasteiger partial charge on any atom is 0.487 e. The molecule has 1 aromatic carbocycles. The lowest BCUT2D eigenvalue weighted by Gasteiger charge is -2.32. The van der Waals surface area contributed by atoms with Crippen LogP contribution in [0.4, 0.5) is 4.39 Å². The van der Waals surface area contributed by atoms with Crippen molar-refractivity contribution in [3.8, 4) is 0 Å². The van der Waals surface area contributed by atoms with Gasteiger partial charge in [0.25, 0.3) is 0 Å². The van der Waals surface area contributed by atoms with Gasteiger partial charge >= 0.3 is 7.12 Å². The second-order valence-corrected chi connectivity index (χ2v) is 6.96. The third kappa shape index (κ3) is 3.00. The van der Waals surface area contributed by atoms with E-state index in [0.29, 0.717) is 4.47 Å². The number of hydrogen-bond acceptors (Lipinski definition) is 2. The lowest BCUT2D eigenvalue weighted by Crippen LogP contribution is -2.41. The van der Waals surface area contributed by atoms with Crippen LogP contribution in [0, 0.1) is 5.82 Å². The SMILES string of the molecule is C/C(=C/B1OC(C)(C)C(C)(C)O1)c1ccc(F)c(Br)c1. The van der Waals surface area contributed by atoms with Crippen molar-refractivity contribution in [3.05, 3.63) is 40.0 Å². The molecule has 1 saturated heterocycles. The topological polar surface area (TPSA) is 18.5 Å². The summed E-state index contributed by atoms with van der Waals surface area (Å²) in [6, 6.07) is 4.95. The van der Waals surface area contributed by atoms with Crippen LogP contribution < -0.4 is 0 Å². The van der Waals surface area contributed by atoms with E-state index in [1.807, 2.05) is 40.6 Å². The molecule has 1 fully saturated rings. The first-order valence-corrected chi connectivity index (χ1v) is 7.41. The van der Waals surface area contributed by atoms with Gasteiger partial charge in [-0.3, -0.25) is 0 Å². The molecule has 20 heavy (non-hydrogen) atoms. The Balaban J connectivity index is 2.22. The third-order valence-electron chi connectivity index (χ3n) is 4.03. The zero-order chi connectivity index (χ0) is 15.1. The molecular formula is C15H19BBrFO2. The Morgan fingerprint density at radius 1 is 1.20 bits per heavy atom. The van der Waals surface area contributed by atoms with E-state index in [9.17, 15) is 4.39 Å². The number of hydrogen-bond donors (Lipinski definition) is 0. The first-order chi connectivity index (χ1) is 9.12. The standard InChI is InChI=1S/C15H19BBrFO2/c1-10(11-6-7-13(18)12(17)8-11)9-16-19-14(2,3)15(4,5)20-16/h6-9H,1-5H3/b10-9-. The number of halogens is 2. The molecule has 2 nitrogen and oxygen atoms in total. The van der Waals surface area contributed by atoms with Gasteiger partial charge in [0, 0.05) is 0 Å². The molecule has 5 heteroatoms. The van der Waals surface area contributed by atoms with E-state index in [1.54, 1.807) is 12.1 Å². The van der Waals surface area contributed by atoms with Crippen LogP contribution in [-0.2, 0) is 9.31 Å². The summed E-state index contributed by atoms with van der Waals surface area (Å²) in [5, 5.41) is 0. The molecule has 0 aromatic heterocycles. The van der Waals surface area contributed by atoms with Gasteiger partial charge in [-0.1, -0.05) is 17.6 Å². The Hall–Kier alpha value is -0.645. The van der Waals surface area contributed by atoms with Crippen LogP contribution in [0.1, 0.15) is 40.2 Å². The van der Waals surface area contributed by atoms with Crippen LogP contribution in [0.2, 0.25) is 0 Å². The minimum Gasteiger partial charge on any atom is -0.400 e. The molecule has 1 aliphatic heterocycles. The van der Waals surface area contributed by atoms with Crippen molar-refractivity contribution < 1.29 is 13.7 Å². The third-order valence-corrected chi connectivity index (χ3v) is 4.64. The van der Waals surface area contributed by atoms with Crippen molar-refractivity contribution in [3.63, 3.8) is 0 Å². The molecule has 2 rings (SSSR count). The summed E-state index contributed by atoms with van der Waals surface area (Å²) in [6.07, 6.45) is 0. The first kappa shape index (κ1) is 15.7. The van der Waals surface area contributed by atoms with Gasteiger partial charge in [-0.2, -0.15) is 0 Å². The molecule has 0 radical (unpaired) electrons. The Morgan fingerprint density at radius 3 is 2.25 bits per heavy atom. The lowest BCUT2D eigenvalue weighted by atomic mass is 9.85. The fraction of sp³-hybridized carbons (Fsp3) is 0.467. The lowest BCUT2D eigenvalue weighted by molar-refractivity contribution is 0.00578. The van der Waals surface area contributed by atoms with Crippen molar-refractivity contribution in [1.29, 1.82) is 0 Å². The van der Waals surface area contributed by atoms with E-state index in [1.165, 1.54) is 6.07 Å². The van der Waals surface area contributed by atoms with Crippen molar-refractivity contribution >= 4 is 28.6 Å². The molecule has 0 saturated carbocycles. The highest BCUT2D eigenvalue weighted by Gasteiger charge is 2.50. The van der Waals surface area contributed by atoms with E-state index in [4.69, 9.17) is 9.31 Å². The monoisotopic (exact) mass is 340 g/mol. The largest absolute Gasteiger partial charge is 0.487 e.